The number of thioether (sulfide) groups is 1. The third-order valence-corrected chi connectivity index (χ3v) is 9.69. The van der Waals surface area contributed by atoms with E-state index >= 15 is 0 Å². The van der Waals surface area contributed by atoms with Gasteiger partial charge in [0.2, 0.25) is 6.01 Å². The highest BCUT2D eigenvalue weighted by atomic mass is 32.3. The molecular weight excluding hydrogens is 635 g/mol. The molecule has 0 saturated carbocycles. The maximum atomic E-state index is 14.4. The molecule has 10 nitrogen and oxygen atoms in total. The van der Waals surface area contributed by atoms with Crippen LogP contribution in [0.1, 0.15) is 0 Å². The van der Waals surface area contributed by atoms with Gasteiger partial charge < -0.3 is 8.92 Å². The molecule has 0 saturated heterocycles. The van der Waals surface area contributed by atoms with Crippen LogP contribution in [-0.2, 0) is 39.7 Å². The monoisotopic (exact) mass is 649 g/mol. The van der Waals surface area contributed by atoms with E-state index in [0.717, 1.165) is 30.0 Å². The predicted molar refractivity (Wildman–Crippen MR) is 122 cm³/mol. The molecule has 218 valence electrons. The van der Waals surface area contributed by atoms with Gasteiger partial charge in [-0.15, -0.1) is 4.13 Å². The van der Waals surface area contributed by atoms with Gasteiger partial charge in [-0.2, -0.15) is 34.8 Å². The van der Waals surface area contributed by atoms with Crippen LogP contribution in [-0.4, -0.2) is 59.6 Å². The third kappa shape index (κ3) is 6.26. The number of fused-ring (bicyclic) bond motifs is 1. The molecule has 0 aliphatic heterocycles. The van der Waals surface area contributed by atoms with Crippen molar-refractivity contribution in [3.63, 3.8) is 0 Å². The van der Waals surface area contributed by atoms with Crippen LogP contribution >= 0.6 is 11.8 Å². The molecule has 0 unspecified atom stereocenters. The van der Waals surface area contributed by atoms with Crippen molar-refractivity contribution < 1.29 is 69.7 Å². The van der Waals surface area contributed by atoms with Gasteiger partial charge in [0, 0.05) is 16.4 Å². The summed E-state index contributed by atoms with van der Waals surface area (Å²) in [6.45, 7) is 3.17. The smallest absolute Gasteiger partial charge is 0.450 e. The summed E-state index contributed by atoms with van der Waals surface area (Å²) < 4.78 is 175. The molecule has 2 aromatic rings. The quantitative estimate of drug-likeness (QED) is 0.0855. The highest BCUT2D eigenvalue weighted by molar-refractivity contribution is 8.05. The molecule has 0 aromatic heterocycles. The molecule has 0 heterocycles. The third-order valence-electron chi connectivity index (χ3n) is 4.39. The minimum Gasteiger partial charge on any atom is -0.451 e. The van der Waals surface area contributed by atoms with E-state index in [4.69, 9.17) is 4.74 Å². The van der Waals surface area contributed by atoms with Gasteiger partial charge in [-0.05, 0) is 17.5 Å². The van der Waals surface area contributed by atoms with Crippen molar-refractivity contribution in [3.05, 3.63) is 49.1 Å². The number of rotatable bonds is 13. The van der Waals surface area contributed by atoms with E-state index in [1.807, 2.05) is 0 Å². The highest BCUT2D eigenvalue weighted by Gasteiger charge is 2.83. The lowest BCUT2D eigenvalue weighted by molar-refractivity contribution is -0.245. The normalized spacial score (nSPS) is 13.7. The number of carbonyl (C=O) groups is 1. The fraction of sp³-hybridized carbons (Fsp3) is 0.278. The van der Waals surface area contributed by atoms with Crippen molar-refractivity contribution in [3.8, 4) is 5.75 Å². The van der Waals surface area contributed by atoms with E-state index in [9.17, 15) is 60.8 Å². The molecule has 2 aromatic carbocycles. The molecule has 0 aliphatic rings. The van der Waals surface area contributed by atoms with Crippen LogP contribution in [0.5, 0.6) is 5.75 Å². The maximum Gasteiger partial charge on any atom is 0.450 e. The van der Waals surface area contributed by atoms with Gasteiger partial charge in [-0.25, -0.2) is 26.0 Å². The summed E-state index contributed by atoms with van der Waals surface area (Å²) in [6.07, 6.45) is 0.848. The summed E-state index contributed by atoms with van der Waals surface area (Å²) in [5.41, 5.74) is 0. The van der Waals surface area contributed by atoms with Gasteiger partial charge in [-0.3, -0.25) is 0 Å². The largest absolute Gasteiger partial charge is 0.451 e. The average Bonchev–Trinajstić information content (AvgIpc) is 2.83. The van der Waals surface area contributed by atoms with Crippen LogP contribution in [0.3, 0.4) is 0 Å². The van der Waals surface area contributed by atoms with Crippen molar-refractivity contribution >= 4 is 58.7 Å². The van der Waals surface area contributed by atoms with E-state index < -0.39 is 64.3 Å². The molecule has 1 N–H and O–H groups in total. The molecule has 21 heteroatoms. The first-order valence-corrected chi connectivity index (χ1v) is 15.0. The van der Waals surface area contributed by atoms with E-state index in [1.54, 1.807) is 0 Å². The lowest BCUT2D eigenvalue weighted by Crippen LogP contribution is -2.63. The molecule has 2 rings (SSSR count). The second-order valence-corrected chi connectivity index (χ2v) is 13.2. The molecule has 39 heavy (non-hydrogen) atoms. The first-order valence-electron chi connectivity index (χ1n) is 9.50. The topological polar surface area (TPSA) is 150 Å². The number of hydrogen-bond acceptors (Lipinski definition) is 10. The number of ether oxygens (including phenoxy) is 1. The number of sulfonamides is 2. The standard InChI is InChI=1S/C18H14F7NO9S4/c1-2-15(27)34-10-36-14-8-7-13(11-5-3-4-6-12(11)14)35-39(32,33)18(24,25)16(20,21)17(22,23)38(30,31)26-37(28,29)9-19/h2-8,26H,1,9-10H2. The van der Waals surface area contributed by atoms with Crippen LogP contribution in [0.2, 0.25) is 0 Å². The lowest BCUT2D eigenvalue weighted by atomic mass is 10.1. The summed E-state index contributed by atoms with van der Waals surface area (Å²) in [6, 6.07) is 3.87. The Labute approximate surface area is 220 Å². The van der Waals surface area contributed by atoms with Crippen molar-refractivity contribution in [2.45, 2.75) is 21.3 Å². The van der Waals surface area contributed by atoms with Crippen molar-refractivity contribution in [1.29, 1.82) is 0 Å². The first-order chi connectivity index (χ1) is 17.7. The molecule has 0 radical (unpaired) electrons. The Morgan fingerprint density at radius 1 is 0.923 bits per heavy atom. The second kappa shape index (κ2) is 11.1. The number of nitrogens with one attached hydrogen (secondary N) is 1. The van der Waals surface area contributed by atoms with Crippen molar-refractivity contribution in [1.82, 2.24) is 4.13 Å². The summed E-state index contributed by atoms with van der Waals surface area (Å²) in [4.78, 5) is 11.4. The number of alkyl halides is 7. The maximum absolute atomic E-state index is 14.4. The van der Waals surface area contributed by atoms with Gasteiger partial charge in [0.05, 0.1) is 0 Å². The van der Waals surface area contributed by atoms with Gasteiger partial charge in [0.15, 0.2) is 5.75 Å². The Kier molecular flexibility index (Phi) is 9.28. The molecule has 0 amide bonds. The SMILES string of the molecule is C=CC(=O)OCSc1ccc(OS(=O)(=O)C(F)(F)C(F)(F)C(F)(F)S(=O)(=O)NS(=O)(=O)CF)c2ccccc12. The Bertz CT molecular complexity index is 1600. The summed E-state index contributed by atoms with van der Waals surface area (Å²) >= 11 is 0.830. The Morgan fingerprint density at radius 2 is 1.49 bits per heavy atom. The number of benzene rings is 2. The van der Waals surface area contributed by atoms with Crippen LogP contribution in [0.15, 0.2) is 53.9 Å². The van der Waals surface area contributed by atoms with Gasteiger partial charge in [0.1, 0.15) is 5.94 Å². The van der Waals surface area contributed by atoms with Gasteiger partial charge in [-0.1, -0.05) is 42.6 Å². The van der Waals surface area contributed by atoms with E-state index in [1.165, 1.54) is 18.2 Å². The zero-order valence-electron chi connectivity index (χ0n) is 18.6. The molecule has 0 aliphatic carbocycles. The fourth-order valence-corrected chi connectivity index (χ4v) is 6.75. The average molecular weight is 650 g/mol. The Hall–Kier alpha value is -2.62. The molecule has 0 spiro atoms. The van der Waals surface area contributed by atoms with Crippen LogP contribution < -0.4 is 8.31 Å². The van der Waals surface area contributed by atoms with E-state index in [0.29, 0.717) is 6.07 Å². The van der Waals surface area contributed by atoms with Crippen LogP contribution in [0, 0.1) is 0 Å². The van der Waals surface area contributed by atoms with Crippen molar-refractivity contribution in [2.24, 2.45) is 0 Å². The first kappa shape index (κ1) is 32.6. The predicted octanol–water partition coefficient (Wildman–Crippen LogP) is 3.32. The van der Waals surface area contributed by atoms with Gasteiger partial charge in [0.25, 0.3) is 20.0 Å². The number of carbonyl (C=O) groups excluding carboxylic acids is 1. The number of halogens is 7. The van der Waals surface area contributed by atoms with Crippen LogP contribution in [0.25, 0.3) is 10.8 Å². The molecule has 0 fully saturated rings. The Morgan fingerprint density at radius 3 is 2.03 bits per heavy atom. The minimum absolute atomic E-state index is 0.0356. The fourth-order valence-electron chi connectivity index (χ4n) is 2.56. The molecular formula is C18H14F7NO9S4. The molecule has 0 atom stereocenters. The molecule has 0 bridgehead atoms. The van der Waals surface area contributed by atoms with Crippen LogP contribution in [0.4, 0.5) is 30.7 Å². The number of hydrogen-bond donors (Lipinski definition) is 1. The Balaban J connectivity index is 2.50. The summed E-state index contributed by atoms with van der Waals surface area (Å²) in [5.74, 6) is -9.57. The zero-order chi connectivity index (χ0) is 30.1. The van der Waals surface area contributed by atoms with E-state index in [2.05, 4.69) is 10.8 Å². The number of esters is 1. The highest BCUT2D eigenvalue weighted by Crippen LogP contribution is 2.51. The lowest BCUT2D eigenvalue weighted by Gasteiger charge is -2.31. The zero-order valence-corrected chi connectivity index (χ0v) is 21.9. The summed E-state index contributed by atoms with van der Waals surface area (Å²) in [5, 5.41) is -14.4. The second-order valence-electron chi connectivity index (χ2n) is 6.99. The van der Waals surface area contributed by atoms with Gasteiger partial charge >= 0.3 is 32.5 Å². The summed E-state index contributed by atoms with van der Waals surface area (Å²) in [7, 11) is -20.4. The van der Waals surface area contributed by atoms with Crippen molar-refractivity contribution in [2.75, 3.05) is 11.9 Å². The minimum atomic E-state index is -7.37. The van der Waals surface area contributed by atoms with E-state index in [-0.39, 0.29) is 25.7 Å².